The van der Waals surface area contributed by atoms with Gasteiger partial charge < -0.3 is 0 Å². The van der Waals surface area contributed by atoms with E-state index in [1.54, 1.807) is 36.4 Å². The lowest BCUT2D eigenvalue weighted by Crippen LogP contribution is -2.37. The Morgan fingerprint density at radius 1 is 1.05 bits per heavy atom. The van der Waals surface area contributed by atoms with E-state index in [2.05, 4.69) is 6.07 Å². The molecule has 2 aliphatic heterocycles. The first-order chi connectivity index (χ1) is 17.9. The van der Waals surface area contributed by atoms with Crippen LogP contribution in [-0.2, 0) is 27.3 Å². The number of hydrogen-bond acceptors (Lipinski definition) is 8. The molecule has 3 aliphatic rings. The Bertz CT molecular complexity index is 1480. The van der Waals surface area contributed by atoms with E-state index in [-0.39, 0.29) is 5.69 Å². The summed E-state index contributed by atoms with van der Waals surface area (Å²) in [7, 11) is 0. The third-order valence-corrected chi connectivity index (χ3v) is 8.64. The Morgan fingerprint density at radius 2 is 1.76 bits per heavy atom. The molecule has 2 fully saturated rings. The zero-order valence-corrected chi connectivity index (χ0v) is 20.9. The Kier molecular flexibility index (Phi) is 5.71. The standard InChI is InChI=1S/C26H19ClN4O5S/c27-15-7-11-16(12-8-15)30-22(14-5-9-17(10-6-14)31(34)35)21-23(36-30)25(33)29(24(21)32)26-19(13-28)18-3-1-2-4-20(18)37-26/h5-12,21-23H,1-4H2/t21-,22-,23+/m0/s1. The maximum atomic E-state index is 13.9. The number of rotatable bonds is 4. The number of anilines is 2. The summed E-state index contributed by atoms with van der Waals surface area (Å²) in [5.41, 5.74) is 2.40. The van der Waals surface area contributed by atoms with Gasteiger partial charge in [-0.1, -0.05) is 23.7 Å². The topological polar surface area (TPSA) is 117 Å². The Balaban J connectivity index is 1.43. The molecule has 1 aromatic heterocycles. The van der Waals surface area contributed by atoms with Crippen molar-refractivity contribution in [3.05, 3.63) is 85.2 Å². The van der Waals surface area contributed by atoms with Crippen molar-refractivity contribution in [2.24, 2.45) is 5.92 Å². The predicted octanol–water partition coefficient (Wildman–Crippen LogP) is 5.11. The van der Waals surface area contributed by atoms with Crippen LogP contribution in [0.15, 0.2) is 48.5 Å². The van der Waals surface area contributed by atoms with Gasteiger partial charge in [-0.05, 0) is 61.1 Å². The number of imide groups is 1. The molecule has 0 unspecified atom stereocenters. The molecule has 3 heterocycles. The quantitative estimate of drug-likeness (QED) is 0.259. The molecule has 186 valence electrons. The third kappa shape index (κ3) is 3.70. The zero-order valence-electron chi connectivity index (χ0n) is 19.3. The molecule has 2 aromatic carbocycles. The average molecular weight is 535 g/mol. The van der Waals surface area contributed by atoms with E-state index in [0.717, 1.165) is 41.0 Å². The van der Waals surface area contributed by atoms with Crippen LogP contribution in [0.3, 0.4) is 0 Å². The second kappa shape index (κ2) is 8.95. The van der Waals surface area contributed by atoms with Crippen LogP contribution < -0.4 is 9.96 Å². The van der Waals surface area contributed by atoms with E-state index in [1.807, 2.05) is 0 Å². The van der Waals surface area contributed by atoms with Crippen LogP contribution in [0.1, 0.15) is 40.5 Å². The first-order valence-corrected chi connectivity index (χ1v) is 13.0. The highest BCUT2D eigenvalue weighted by Gasteiger charge is 2.61. The van der Waals surface area contributed by atoms with E-state index >= 15 is 0 Å². The number of hydroxylamine groups is 1. The minimum absolute atomic E-state index is 0.0875. The second-order valence-corrected chi connectivity index (χ2v) is 10.7. The second-order valence-electron chi connectivity index (χ2n) is 9.16. The number of carbonyl (C=O) groups excluding carboxylic acids is 2. The molecule has 9 nitrogen and oxygen atoms in total. The summed E-state index contributed by atoms with van der Waals surface area (Å²) in [4.78, 5) is 46.6. The van der Waals surface area contributed by atoms with Crippen molar-refractivity contribution in [1.82, 2.24) is 0 Å². The summed E-state index contributed by atoms with van der Waals surface area (Å²) >= 11 is 7.39. The van der Waals surface area contributed by atoms with Crippen molar-refractivity contribution in [3.8, 4) is 6.07 Å². The number of fused-ring (bicyclic) bond motifs is 2. The molecule has 0 bridgehead atoms. The minimum Gasteiger partial charge on any atom is -0.273 e. The summed E-state index contributed by atoms with van der Waals surface area (Å²) in [6.07, 6.45) is 2.45. The average Bonchev–Trinajstić information content (AvgIpc) is 3.54. The van der Waals surface area contributed by atoms with Crippen LogP contribution in [0, 0.1) is 27.4 Å². The number of benzene rings is 2. The van der Waals surface area contributed by atoms with Gasteiger partial charge in [0.05, 0.1) is 22.2 Å². The van der Waals surface area contributed by atoms with Crippen LogP contribution >= 0.6 is 22.9 Å². The Hall–Kier alpha value is -3.78. The molecular weight excluding hydrogens is 516 g/mol. The van der Waals surface area contributed by atoms with Crippen molar-refractivity contribution in [1.29, 1.82) is 5.26 Å². The lowest BCUT2D eigenvalue weighted by molar-refractivity contribution is -0.384. The number of non-ortho nitro benzene ring substituents is 1. The molecule has 1 aliphatic carbocycles. The highest BCUT2D eigenvalue weighted by Crippen LogP contribution is 2.50. The van der Waals surface area contributed by atoms with E-state index in [4.69, 9.17) is 16.4 Å². The first kappa shape index (κ1) is 23.6. The van der Waals surface area contributed by atoms with Crippen LogP contribution in [0.5, 0.6) is 0 Å². The Labute approximate surface area is 220 Å². The molecule has 6 rings (SSSR count). The summed E-state index contributed by atoms with van der Waals surface area (Å²) in [6, 6.07) is 14.1. The van der Waals surface area contributed by atoms with Crippen molar-refractivity contribution >= 4 is 51.1 Å². The minimum atomic E-state index is -1.10. The fourth-order valence-corrected chi connectivity index (χ4v) is 6.86. The van der Waals surface area contributed by atoms with Crippen LogP contribution in [0.25, 0.3) is 0 Å². The van der Waals surface area contributed by atoms with Gasteiger partial charge in [0.2, 0.25) is 5.91 Å². The number of hydrogen-bond donors (Lipinski definition) is 0. The van der Waals surface area contributed by atoms with Crippen LogP contribution in [-0.4, -0.2) is 22.8 Å². The number of amides is 2. The normalized spacial score (nSPS) is 22.6. The molecule has 2 saturated heterocycles. The van der Waals surface area contributed by atoms with E-state index in [0.29, 0.717) is 26.8 Å². The predicted molar refractivity (Wildman–Crippen MR) is 136 cm³/mol. The van der Waals surface area contributed by atoms with Gasteiger partial charge in [-0.3, -0.25) is 24.5 Å². The maximum Gasteiger partial charge on any atom is 0.269 e. The number of halogens is 1. The highest BCUT2D eigenvalue weighted by molar-refractivity contribution is 7.17. The van der Waals surface area contributed by atoms with Gasteiger partial charge >= 0.3 is 0 Å². The van der Waals surface area contributed by atoms with Crippen LogP contribution in [0.2, 0.25) is 5.02 Å². The van der Waals surface area contributed by atoms with E-state index in [1.165, 1.54) is 28.5 Å². The molecular formula is C26H19ClN4O5S. The maximum absolute atomic E-state index is 13.9. The van der Waals surface area contributed by atoms with E-state index < -0.39 is 34.8 Å². The molecule has 2 amide bonds. The van der Waals surface area contributed by atoms with Gasteiger partial charge in [0.15, 0.2) is 6.10 Å². The number of nitrogens with zero attached hydrogens (tertiary/aromatic N) is 4. The van der Waals surface area contributed by atoms with Gasteiger partial charge in [0, 0.05) is 22.0 Å². The van der Waals surface area contributed by atoms with Gasteiger partial charge in [-0.25, -0.2) is 9.96 Å². The number of aryl methyl sites for hydroxylation is 1. The molecule has 0 saturated carbocycles. The largest absolute Gasteiger partial charge is 0.273 e. The van der Waals surface area contributed by atoms with Gasteiger partial charge in [0.25, 0.3) is 11.6 Å². The highest BCUT2D eigenvalue weighted by atomic mass is 35.5. The smallest absolute Gasteiger partial charge is 0.269 e. The molecule has 3 atom stereocenters. The lowest BCUT2D eigenvalue weighted by atomic mass is 9.90. The lowest BCUT2D eigenvalue weighted by Gasteiger charge is -2.28. The fraction of sp³-hybridized carbons (Fsp3) is 0.269. The molecule has 0 N–H and O–H groups in total. The number of nitriles is 1. The summed E-state index contributed by atoms with van der Waals surface area (Å²) < 4.78 is 0. The van der Waals surface area contributed by atoms with Crippen molar-refractivity contribution in [3.63, 3.8) is 0 Å². The summed E-state index contributed by atoms with van der Waals surface area (Å²) in [6.45, 7) is 0. The molecule has 0 radical (unpaired) electrons. The van der Waals surface area contributed by atoms with Gasteiger partial charge in [-0.2, -0.15) is 5.26 Å². The number of nitro groups is 1. The number of carbonyl (C=O) groups is 2. The SMILES string of the molecule is N#Cc1c(N2C(=O)[C@@H]3[C@@H](ON(c4ccc(Cl)cc4)[C@H]3c3ccc([N+](=O)[O-])cc3)C2=O)sc2c1CCCC2. The van der Waals surface area contributed by atoms with Crippen molar-refractivity contribution < 1.29 is 19.3 Å². The summed E-state index contributed by atoms with van der Waals surface area (Å²) in [5.74, 6) is -1.88. The molecule has 37 heavy (non-hydrogen) atoms. The Morgan fingerprint density at radius 3 is 2.43 bits per heavy atom. The molecule has 11 heteroatoms. The fourth-order valence-electron chi connectivity index (χ4n) is 5.38. The van der Waals surface area contributed by atoms with Gasteiger partial charge in [-0.15, -0.1) is 11.3 Å². The van der Waals surface area contributed by atoms with Gasteiger partial charge in [0.1, 0.15) is 17.0 Å². The third-order valence-electron chi connectivity index (χ3n) is 7.11. The number of thiophene rings is 1. The van der Waals surface area contributed by atoms with Crippen LogP contribution in [0.4, 0.5) is 16.4 Å². The number of nitro benzene ring substituents is 1. The van der Waals surface area contributed by atoms with Crippen molar-refractivity contribution in [2.75, 3.05) is 9.96 Å². The van der Waals surface area contributed by atoms with Crippen molar-refractivity contribution in [2.45, 2.75) is 37.8 Å². The monoisotopic (exact) mass is 534 g/mol. The summed E-state index contributed by atoms with van der Waals surface area (Å²) in [5, 5.41) is 23.5. The zero-order chi connectivity index (χ0) is 25.8. The first-order valence-electron chi connectivity index (χ1n) is 11.8. The van der Waals surface area contributed by atoms with E-state index in [9.17, 15) is 25.0 Å². The molecule has 3 aromatic rings. The molecule has 0 spiro atoms.